The molecule has 11 heteroatoms. The van der Waals surface area contributed by atoms with Crippen LogP contribution in [0.3, 0.4) is 0 Å². The first-order chi connectivity index (χ1) is 12.2. The molecule has 0 unspecified atom stereocenters. The number of benzene rings is 2. The molecule has 0 spiro atoms. The van der Waals surface area contributed by atoms with E-state index in [1.54, 1.807) is 0 Å². The van der Waals surface area contributed by atoms with Gasteiger partial charge in [-0.15, -0.1) is 0 Å². The Morgan fingerprint density at radius 2 is 1.58 bits per heavy atom. The zero-order valence-corrected chi connectivity index (χ0v) is 13.9. The fourth-order valence-corrected chi connectivity index (χ4v) is 2.16. The van der Waals surface area contributed by atoms with Crippen LogP contribution in [0.5, 0.6) is 0 Å². The summed E-state index contributed by atoms with van der Waals surface area (Å²) >= 11 is 5.96. The SMILES string of the molecule is COC(=O)c1ccc(Cl)c(NC(=O)c2cc([N+](=O)[O-])cc([N+](=O)[O-])c2)c1. The maximum atomic E-state index is 12.3. The van der Waals surface area contributed by atoms with Gasteiger partial charge < -0.3 is 10.1 Å². The fourth-order valence-electron chi connectivity index (χ4n) is 2.00. The second-order valence-corrected chi connectivity index (χ2v) is 5.30. The minimum absolute atomic E-state index is 0.0359. The van der Waals surface area contributed by atoms with Crippen LogP contribution in [-0.2, 0) is 4.74 Å². The first kappa shape index (κ1) is 18.8. The van der Waals surface area contributed by atoms with Crippen LogP contribution in [0.1, 0.15) is 20.7 Å². The predicted molar refractivity (Wildman–Crippen MR) is 90.5 cm³/mol. The Morgan fingerprint density at radius 3 is 2.08 bits per heavy atom. The fraction of sp³-hybridized carbons (Fsp3) is 0.0667. The number of ether oxygens (including phenoxy) is 1. The van der Waals surface area contributed by atoms with Gasteiger partial charge in [0.15, 0.2) is 0 Å². The van der Waals surface area contributed by atoms with Crippen LogP contribution in [0, 0.1) is 20.2 Å². The molecule has 0 heterocycles. The molecule has 0 atom stereocenters. The summed E-state index contributed by atoms with van der Waals surface area (Å²) in [7, 11) is 1.18. The molecule has 0 aromatic heterocycles. The first-order valence-corrected chi connectivity index (χ1v) is 7.24. The molecule has 0 fully saturated rings. The van der Waals surface area contributed by atoms with Gasteiger partial charge >= 0.3 is 5.97 Å². The van der Waals surface area contributed by atoms with E-state index in [1.165, 1.54) is 25.3 Å². The van der Waals surface area contributed by atoms with E-state index in [0.29, 0.717) is 0 Å². The van der Waals surface area contributed by atoms with Gasteiger partial charge in [0.05, 0.1) is 44.9 Å². The number of carbonyl (C=O) groups excluding carboxylic acids is 2. The van der Waals surface area contributed by atoms with E-state index in [0.717, 1.165) is 18.2 Å². The van der Waals surface area contributed by atoms with Gasteiger partial charge in [0.25, 0.3) is 17.3 Å². The maximum absolute atomic E-state index is 12.3. The molecule has 1 N–H and O–H groups in total. The van der Waals surface area contributed by atoms with Crippen LogP contribution in [0.4, 0.5) is 17.1 Å². The number of non-ortho nitro benzene ring substituents is 2. The molecule has 2 rings (SSSR count). The van der Waals surface area contributed by atoms with Gasteiger partial charge in [-0.2, -0.15) is 0 Å². The lowest BCUT2D eigenvalue weighted by atomic mass is 10.1. The highest BCUT2D eigenvalue weighted by Crippen LogP contribution is 2.26. The smallest absolute Gasteiger partial charge is 0.337 e. The van der Waals surface area contributed by atoms with Crippen LogP contribution >= 0.6 is 11.6 Å². The van der Waals surface area contributed by atoms with Gasteiger partial charge in [0.1, 0.15) is 0 Å². The molecule has 134 valence electrons. The molecule has 0 aliphatic carbocycles. The molecule has 0 aliphatic heterocycles. The topological polar surface area (TPSA) is 142 Å². The lowest BCUT2D eigenvalue weighted by Crippen LogP contribution is -2.14. The summed E-state index contributed by atoms with van der Waals surface area (Å²) in [5, 5.41) is 24.2. The van der Waals surface area contributed by atoms with Crippen molar-refractivity contribution >= 4 is 40.5 Å². The highest BCUT2D eigenvalue weighted by Gasteiger charge is 2.20. The van der Waals surface area contributed by atoms with Crippen molar-refractivity contribution in [3.63, 3.8) is 0 Å². The Morgan fingerprint density at radius 1 is 1.00 bits per heavy atom. The number of nitro groups is 2. The standard InChI is InChI=1S/C15H10ClN3O7/c1-26-15(21)8-2-3-12(16)13(6-8)17-14(20)9-4-10(18(22)23)7-11(5-9)19(24)25/h2-7H,1H3,(H,17,20). The molecular formula is C15H10ClN3O7. The van der Waals surface area contributed by atoms with E-state index < -0.39 is 33.1 Å². The highest BCUT2D eigenvalue weighted by atomic mass is 35.5. The van der Waals surface area contributed by atoms with Gasteiger partial charge in [0, 0.05) is 12.1 Å². The summed E-state index contributed by atoms with van der Waals surface area (Å²) in [4.78, 5) is 44.0. The quantitative estimate of drug-likeness (QED) is 0.477. The number of rotatable bonds is 5. The molecular weight excluding hydrogens is 370 g/mol. The summed E-state index contributed by atoms with van der Waals surface area (Å²) in [6.07, 6.45) is 0. The van der Waals surface area contributed by atoms with Crippen molar-refractivity contribution in [2.24, 2.45) is 0 Å². The third-order valence-corrected chi connectivity index (χ3v) is 3.55. The van der Waals surface area contributed by atoms with Crippen molar-refractivity contribution in [3.8, 4) is 0 Å². The van der Waals surface area contributed by atoms with Crippen molar-refractivity contribution < 1.29 is 24.2 Å². The van der Waals surface area contributed by atoms with Crippen molar-refractivity contribution in [2.75, 3.05) is 12.4 Å². The Bertz CT molecular complexity index is 897. The van der Waals surface area contributed by atoms with Gasteiger partial charge in [-0.05, 0) is 18.2 Å². The average molecular weight is 380 g/mol. The van der Waals surface area contributed by atoms with Gasteiger partial charge in [-0.3, -0.25) is 25.0 Å². The summed E-state index contributed by atoms with van der Waals surface area (Å²) in [6.45, 7) is 0. The molecule has 0 radical (unpaired) electrons. The number of anilines is 1. The van der Waals surface area contributed by atoms with Crippen LogP contribution in [0.25, 0.3) is 0 Å². The van der Waals surface area contributed by atoms with Crippen LogP contribution in [0.2, 0.25) is 5.02 Å². The zero-order valence-electron chi connectivity index (χ0n) is 13.1. The van der Waals surface area contributed by atoms with Crippen LogP contribution in [0.15, 0.2) is 36.4 Å². The van der Waals surface area contributed by atoms with Crippen LogP contribution in [-0.4, -0.2) is 28.8 Å². The van der Waals surface area contributed by atoms with E-state index in [1.807, 2.05) is 0 Å². The second kappa shape index (κ2) is 7.57. The van der Waals surface area contributed by atoms with E-state index in [-0.39, 0.29) is 21.8 Å². The Balaban J connectivity index is 2.40. The molecule has 0 aliphatic rings. The average Bonchev–Trinajstić information content (AvgIpc) is 2.62. The molecule has 1 amide bonds. The zero-order chi connectivity index (χ0) is 19.4. The number of carbonyl (C=O) groups is 2. The molecule has 10 nitrogen and oxygen atoms in total. The maximum Gasteiger partial charge on any atom is 0.337 e. The molecule has 0 saturated carbocycles. The number of halogens is 1. The van der Waals surface area contributed by atoms with E-state index in [4.69, 9.17) is 11.6 Å². The number of hydrogen-bond acceptors (Lipinski definition) is 7. The summed E-state index contributed by atoms with van der Waals surface area (Å²) in [6, 6.07) is 6.49. The van der Waals surface area contributed by atoms with Crippen molar-refractivity contribution in [3.05, 3.63) is 72.8 Å². The van der Waals surface area contributed by atoms with Crippen molar-refractivity contribution in [1.82, 2.24) is 0 Å². The molecule has 2 aromatic carbocycles. The number of nitrogens with zero attached hydrogens (tertiary/aromatic N) is 2. The van der Waals surface area contributed by atoms with Gasteiger partial charge in [-0.1, -0.05) is 11.6 Å². The molecule has 0 bridgehead atoms. The van der Waals surface area contributed by atoms with Crippen molar-refractivity contribution in [1.29, 1.82) is 0 Å². The normalized spacial score (nSPS) is 10.1. The molecule has 0 saturated heterocycles. The minimum Gasteiger partial charge on any atom is -0.465 e. The largest absolute Gasteiger partial charge is 0.465 e. The van der Waals surface area contributed by atoms with E-state index in [9.17, 15) is 29.8 Å². The second-order valence-electron chi connectivity index (χ2n) is 4.89. The van der Waals surface area contributed by atoms with Gasteiger partial charge in [-0.25, -0.2) is 4.79 Å². The first-order valence-electron chi connectivity index (χ1n) is 6.86. The molecule has 2 aromatic rings. The number of esters is 1. The lowest BCUT2D eigenvalue weighted by Gasteiger charge is -2.09. The highest BCUT2D eigenvalue weighted by molar-refractivity contribution is 6.34. The van der Waals surface area contributed by atoms with Crippen molar-refractivity contribution in [2.45, 2.75) is 0 Å². The summed E-state index contributed by atoms with van der Waals surface area (Å²) in [5.41, 5.74) is -1.39. The van der Waals surface area contributed by atoms with E-state index in [2.05, 4.69) is 10.1 Å². The molecule has 26 heavy (non-hydrogen) atoms. The summed E-state index contributed by atoms with van der Waals surface area (Å²) in [5.74, 6) is -1.54. The number of hydrogen-bond donors (Lipinski definition) is 1. The monoisotopic (exact) mass is 379 g/mol. The minimum atomic E-state index is -0.874. The number of nitrogens with one attached hydrogen (secondary N) is 1. The third-order valence-electron chi connectivity index (χ3n) is 3.22. The number of methoxy groups -OCH3 is 1. The number of amides is 1. The Kier molecular flexibility index (Phi) is 5.48. The Hall–Kier alpha value is -3.53. The predicted octanol–water partition coefficient (Wildman–Crippen LogP) is 3.20. The van der Waals surface area contributed by atoms with E-state index >= 15 is 0 Å². The summed E-state index contributed by atoms with van der Waals surface area (Å²) < 4.78 is 4.56. The lowest BCUT2D eigenvalue weighted by molar-refractivity contribution is -0.394. The number of nitro benzene ring substituents is 2. The Labute approximate surface area is 150 Å². The third kappa shape index (κ3) is 4.11. The van der Waals surface area contributed by atoms with Gasteiger partial charge in [0.2, 0.25) is 0 Å². The van der Waals surface area contributed by atoms with Crippen LogP contribution < -0.4 is 5.32 Å².